The van der Waals surface area contributed by atoms with Gasteiger partial charge in [-0.1, -0.05) is 59.1 Å². The quantitative estimate of drug-likeness (QED) is 0.410. The third-order valence-electron chi connectivity index (χ3n) is 2.84. The molecule has 2 aromatic carbocycles. The number of fused-ring (bicyclic) bond motifs is 1. The highest BCUT2D eigenvalue weighted by molar-refractivity contribution is 7.21. The highest BCUT2D eigenvalue weighted by Crippen LogP contribution is 2.37. The molecule has 0 atom stereocenters. The normalized spacial score (nSPS) is 10.8. The summed E-state index contributed by atoms with van der Waals surface area (Å²) in [6.45, 7) is 0. The third kappa shape index (κ3) is 2.74. The number of hydrogen-bond donors (Lipinski definition) is 0. The van der Waals surface area contributed by atoms with E-state index in [0.29, 0.717) is 14.9 Å². The van der Waals surface area contributed by atoms with Crippen LogP contribution < -0.4 is 4.74 Å². The van der Waals surface area contributed by atoms with Gasteiger partial charge in [0.25, 0.3) is 0 Å². The first-order valence-electron chi connectivity index (χ1n) is 5.91. The molecule has 0 amide bonds. The Morgan fingerprint density at radius 3 is 2.48 bits per heavy atom. The molecule has 0 bridgehead atoms. The molecule has 106 valence electrons. The number of carbonyl (C=O) groups excluding carboxylic acids is 1. The molecular formula is C15H7Cl3O2S. The van der Waals surface area contributed by atoms with Gasteiger partial charge in [-0.25, -0.2) is 4.79 Å². The lowest BCUT2D eigenvalue weighted by atomic mass is 10.2. The van der Waals surface area contributed by atoms with Gasteiger partial charge in [0.1, 0.15) is 9.90 Å². The van der Waals surface area contributed by atoms with Crippen molar-refractivity contribution in [1.82, 2.24) is 0 Å². The van der Waals surface area contributed by atoms with Gasteiger partial charge in [-0.05, 0) is 18.2 Å². The molecule has 0 saturated heterocycles. The number of ether oxygens (including phenoxy) is 1. The van der Waals surface area contributed by atoms with E-state index in [1.807, 2.05) is 24.3 Å². The van der Waals surface area contributed by atoms with E-state index < -0.39 is 5.97 Å². The fraction of sp³-hybridized carbons (Fsp3) is 0. The fourth-order valence-corrected chi connectivity index (χ4v) is 3.57. The minimum absolute atomic E-state index is 0.199. The lowest BCUT2D eigenvalue weighted by Crippen LogP contribution is -2.07. The number of halogens is 3. The van der Waals surface area contributed by atoms with Crippen molar-refractivity contribution in [1.29, 1.82) is 0 Å². The molecule has 0 saturated carbocycles. The zero-order chi connectivity index (χ0) is 15.0. The summed E-state index contributed by atoms with van der Waals surface area (Å²) in [5.41, 5.74) is 0. The first-order chi connectivity index (χ1) is 10.1. The smallest absolute Gasteiger partial charge is 0.355 e. The van der Waals surface area contributed by atoms with Crippen LogP contribution in [0.25, 0.3) is 10.1 Å². The van der Waals surface area contributed by atoms with Crippen molar-refractivity contribution < 1.29 is 9.53 Å². The van der Waals surface area contributed by atoms with Crippen LogP contribution in [0.5, 0.6) is 5.75 Å². The van der Waals surface area contributed by atoms with Gasteiger partial charge in [0.2, 0.25) is 0 Å². The molecule has 1 heterocycles. The topological polar surface area (TPSA) is 26.3 Å². The highest BCUT2D eigenvalue weighted by Gasteiger charge is 2.20. The van der Waals surface area contributed by atoms with E-state index >= 15 is 0 Å². The van der Waals surface area contributed by atoms with Gasteiger partial charge < -0.3 is 4.74 Å². The molecule has 3 rings (SSSR count). The van der Waals surface area contributed by atoms with Crippen molar-refractivity contribution in [3.63, 3.8) is 0 Å². The van der Waals surface area contributed by atoms with Crippen molar-refractivity contribution in [3.05, 3.63) is 62.4 Å². The van der Waals surface area contributed by atoms with Crippen molar-refractivity contribution in [3.8, 4) is 5.75 Å². The van der Waals surface area contributed by atoms with Crippen molar-refractivity contribution in [2.45, 2.75) is 0 Å². The Kier molecular flexibility index (Phi) is 4.09. The molecule has 0 aliphatic carbocycles. The fourth-order valence-electron chi connectivity index (χ4n) is 1.85. The summed E-state index contributed by atoms with van der Waals surface area (Å²) >= 11 is 19.4. The standard InChI is InChI=1S/C15H7Cl3O2S/c16-9-5-3-6-10(13(9)18)20-15(19)14-12(17)8-4-1-2-7-11(8)21-14/h1-7H. The molecule has 3 aromatic rings. The van der Waals surface area contributed by atoms with Crippen LogP contribution in [0.15, 0.2) is 42.5 Å². The van der Waals surface area contributed by atoms with E-state index in [4.69, 9.17) is 39.5 Å². The minimum Gasteiger partial charge on any atom is -0.421 e. The largest absolute Gasteiger partial charge is 0.421 e. The van der Waals surface area contributed by atoms with E-state index in [2.05, 4.69) is 0 Å². The number of esters is 1. The first kappa shape index (κ1) is 14.7. The molecule has 0 aliphatic rings. The number of carbonyl (C=O) groups is 1. The van der Waals surface area contributed by atoms with Gasteiger partial charge in [0, 0.05) is 10.1 Å². The number of benzene rings is 2. The molecule has 6 heteroatoms. The lowest BCUT2D eigenvalue weighted by Gasteiger charge is -2.06. The van der Waals surface area contributed by atoms with Crippen molar-refractivity contribution >= 4 is 62.2 Å². The summed E-state index contributed by atoms with van der Waals surface area (Å²) in [6, 6.07) is 12.4. The average molecular weight is 358 g/mol. The maximum atomic E-state index is 12.3. The van der Waals surface area contributed by atoms with Crippen LogP contribution in [0, 0.1) is 0 Å². The SMILES string of the molecule is O=C(Oc1cccc(Cl)c1Cl)c1sc2ccccc2c1Cl. The van der Waals surface area contributed by atoms with Gasteiger partial charge in [-0.3, -0.25) is 0 Å². The minimum atomic E-state index is -0.551. The highest BCUT2D eigenvalue weighted by atomic mass is 35.5. The molecule has 2 nitrogen and oxygen atoms in total. The molecule has 0 aliphatic heterocycles. The van der Waals surface area contributed by atoms with Crippen molar-refractivity contribution in [2.75, 3.05) is 0 Å². The number of thiophene rings is 1. The molecule has 0 unspecified atom stereocenters. The zero-order valence-corrected chi connectivity index (χ0v) is 13.5. The van der Waals surface area contributed by atoms with Crippen LogP contribution in [-0.2, 0) is 0 Å². The van der Waals surface area contributed by atoms with Gasteiger partial charge in [0.15, 0.2) is 5.75 Å². The molecular weight excluding hydrogens is 351 g/mol. The van der Waals surface area contributed by atoms with Gasteiger partial charge in [-0.2, -0.15) is 0 Å². The molecule has 0 fully saturated rings. The number of hydrogen-bond acceptors (Lipinski definition) is 3. The maximum Gasteiger partial charge on any atom is 0.355 e. The molecule has 21 heavy (non-hydrogen) atoms. The monoisotopic (exact) mass is 356 g/mol. The van der Waals surface area contributed by atoms with E-state index in [9.17, 15) is 4.79 Å². The summed E-state index contributed by atoms with van der Waals surface area (Å²) in [5, 5.41) is 1.74. The van der Waals surface area contributed by atoms with Crippen LogP contribution in [0.2, 0.25) is 15.1 Å². The summed E-state index contributed by atoms with van der Waals surface area (Å²) < 4.78 is 6.22. The predicted octanol–water partition coefficient (Wildman–Crippen LogP) is 6.08. The van der Waals surface area contributed by atoms with Crippen LogP contribution in [0.3, 0.4) is 0 Å². The van der Waals surface area contributed by atoms with E-state index in [-0.39, 0.29) is 10.8 Å². The molecule has 1 aromatic heterocycles. The average Bonchev–Trinajstić information content (AvgIpc) is 2.82. The van der Waals surface area contributed by atoms with Crippen LogP contribution in [-0.4, -0.2) is 5.97 Å². The Morgan fingerprint density at radius 2 is 1.71 bits per heavy atom. The van der Waals surface area contributed by atoms with Gasteiger partial charge >= 0.3 is 5.97 Å². The maximum absolute atomic E-state index is 12.3. The lowest BCUT2D eigenvalue weighted by molar-refractivity contribution is 0.0740. The second kappa shape index (κ2) is 5.85. The van der Waals surface area contributed by atoms with Crippen LogP contribution in [0.4, 0.5) is 0 Å². The van der Waals surface area contributed by atoms with E-state index in [1.54, 1.807) is 18.2 Å². The summed E-state index contributed by atoms with van der Waals surface area (Å²) in [7, 11) is 0. The Morgan fingerprint density at radius 1 is 0.952 bits per heavy atom. The van der Waals surface area contributed by atoms with E-state index in [0.717, 1.165) is 10.1 Å². The third-order valence-corrected chi connectivity index (χ3v) is 5.30. The Hall–Kier alpha value is -1.26. The molecule has 0 spiro atoms. The second-order valence-electron chi connectivity index (χ2n) is 4.18. The Bertz CT molecular complexity index is 842. The van der Waals surface area contributed by atoms with Crippen LogP contribution in [0.1, 0.15) is 9.67 Å². The summed E-state index contributed by atoms with van der Waals surface area (Å²) in [6.07, 6.45) is 0. The Balaban J connectivity index is 1.97. The van der Waals surface area contributed by atoms with Gasteiger partial charge in [-0.15, -0.1) is 11.3 Å². The zero-order valence-electron chi connectivity index (χ0n) is 10.4. The van der Waals surface area contributed by atoms with Crippen molar-refractivity contribution in [2.24, 2.45) is 0 Å². The number of rotatable bonds is 2. The first-order valence-corrected chi connectivity index (χ1v) is 7.86. The second-order valence-corrected chi connectivity index (χ2v) is 6.40. The van der Waals surface area contributed by atoms with Gasteiger partial charge in [0.05, 0.1) is 10.0 Å². The molecule has 0 N–H and O–H groups in total. The molecule has 0 radical (unpaired) electrons. The Labute approximate surface area is 139 Å². The summed E-state index contributed by atoms with van der Waals surface area (Å²) in [5.74, 6) is -0.340. The predicted molar refractivity (Wildman–Crippen MR) is 88.3 cm³/mol. The van der Waals surface area contributed by atoms with Crippen LogP contribution >= 0.6 is 46.1 Å². The summed E-state index contributed by atoms with van der Waals surface area (Å²) in [4.78, 5) is 12.6. The van der Waals surface area contributed by atoms with E-state index in [1.165, 1.54) is 11.3 Å².